The molecule has 1 radical (unpaired) electrons. The van der Waals surface area contributed by atoms with Gasteiger partial charge in [-0.05, 0) is 12.1 Å². The molecule has 1 atom stereocenters. The number of benzene rings is 1. The van der Waals surface area contributed by atoms with Crippen molar-refractivity contribution < 1.29 is 26.9 Å². The van der Waals surface area contributed by atoms with E-state index in [1.807, 2.05) is 0 Å². The SMILES string of the molecule is O=[N+]([O-])c1cc(C(F)(F)F)ccc1S(=O)O.[Na]. The number of nitrogens with zero attached hydrogens (tertiary/aromatic N) is 1. The third-order valence-corrected chi connectivity index (χ3v) is 2.39. The van der Waals surface area contributed by atoms with Crippen molar-refractivity contribution in [3.63, 3.8) is 0 Å². The molecule has 0 aliphatic carbocycles. The average Bonchev–Trinajstić information content (AvgIpc) is 2.15. The van der Waals surface area contributed by atoms with Gasteiger partial charge in [0, 0.05) is 35.6 Å². The van der Waals surface area contributed by atoms with Crippen molar-refractivity contribution in [2.75, 3.05) is 0 Å². The molecule has 1 N–H and O–H groups in total. The molecule has 0 aliphatic rings. The maximum atomic E-state index is 12.2. The second kappa shape index (κ2) is 5.91. The first-order valence-electron chi connectivity index (χ1n) is 3.70. The van der Waals surface area contributed by atoms with Crippen LogP contribution >= 0.6 is 0 Å². The van der Waals surface area contributed by atoms with Crippen LogP contribution in [0.25, 0.3) is 0 Å². The van der Waals surface area contributed by atoms with Gasteiger partial charge < -0.3 is 4.55 Å². The summed E-state index contributed by atoms with van der Waals surface area (Å²) >= 11 is -2.71. The first-order valence-corrected chi connectivity index (χ1v) is 4.80. The molecule has 0 fully saturated rings. The molecule has 0 spiro atoms. The monoisotopic (exact) mass is 278 g/mol. The van der Waals surface area contributed by atoms with Crippen LogP contribution in [0.5, 0.6) is 0 Å². The van der Waals surface area contributed by atoms with E-state index in [4.69, 9.17) is 4.55 Å². The molecule has 0 aromatic heterocycles. The van der Waals surface area contributed by atoms with Crippen LogP contribution in [0, 0.1) is 10.1 Å². The van der Waals surface area contributed by atoms with Crippen molar-refractivity contribution in [1.29, 1.82) is 0 Å². The van der Waals surface area contributed by atoms with Gasteiger partial charge in [-0.1, -0.05) is 0 Å². The van der Waals surface area contributed by atoms with E-state index in [9.17, 15) is 27.5 Å². The summed E-state index contributed by atoms with van der Waals surface area (Å²) in [5.74, 6) is 0. The van der Waals surface area contributed by atoms with Gasteiger partial charge in [0.25, 0.3) is 5.69 Å². The molecule has 1 aromatic carbocycles. The van der Waals surface area contributed by atoms with Crippen molar-refractivity contribution in [1.82, 2.24) is 0 Å². The summed E-state index contributed by atoms with van der Waals surface area (Å²) in [4.78, 5) is 8.59. The quantitative estimate of drug-likeness (QED) is 0.387. The molecule has 0 aliphatic heterocycles. The van der Waals surface area contributed by atoms with Crippen LogP contribution in [0.2, 0.25) is 0 Å². The normalized spacial score (nSPS) is 12.7. The molecule has 17 heavy (non-hydrogen) atoms. The van der Waals surface area contributed by atoms with E-state index in [0.717, 1.165) is 0 Å². The van der Waals surface area contributed by atoms with Crippen LogP contribution in [0.4, 0.5) is 18.9 Å². The summed E-state index contributed by atoms with van der Waals surface area (Å²) in [5, 5.41) is 10.4. The maximum absolute atomic E-state index is 12.2. The molecule has 0 saturated heterocycles. The number of nitro benzene ring substituents is 1. The van der Waals surface area contributed by atoms with E-state index in [1.54, 1.807) is 0 Å². The van der Waals surface area contributed by atoms with Gasteiger partial charge in [0.05, 0.1) is 10.5 Å². The fourth-order valence-electron chi connectivity index (χ4n) is 0.984. The minimum absolute atomic E-state index is 0. The number of rotatable bonds is 2. The Morgan fingerprint density at radius 2 is 1.88 bits per heavy atom. The van der Waals surface area contributed by atoms with Gasteiger partial charge in [0.1, 0.15) is 4.90 Å². The average molecular weight is 278 g/mol. The van der Waals surface area contributed by atoms with E-state index >= 15 is 0 Å². The molecule has 1 rings (SSSR count). The second-order valence-electron chi connectivity index (χ2n) is 2.69. The van der Waals surface area contributed by atoms with Gasteiger partial charge in [-0.3, -0.25) is 10.1 Å². The topological polar surface area (TPSA) is 80.4 Å². The molecular weight excluding hydrogens is 274 g/mol. The van der Waals surface area contributed by atoms with Crippen molar-refractivity contribution in [2.24, 2.45) is 0 Å². The van der Waals surface area contributed by atoms with Crippen molar-refractivity contribution in [3.05, 3.63) is 33.9 Å². The van der Waals surface area contributed by atoms with Crippen LogP contribution in [-0.2, 0) is 17.3 Å². The Morgan fingerprint density at radius 1 is 1.35 bits per heavy atom. The third-order valence-electron chi connectivity index (χ3n) is 1.67. The molecule has 0 bridgehead atoms. The standard InChI is InChI=1S/C7H4F3NO4S.Na/c8-7(9,10)4-1-2-6(16(14)15)5(3-4)11(12)13;/h1-3H,(H,14,15);. The molecule has 5 nitrogen and oxygen atoms in total. The van der Waals surface area contributed by atoms with Gasteiger partial charge in [0.15, 0.2) is 11.1 Å². The largest absolute Gasteiger partial charge is 0.416 e. The Hall–Kier alpha value is -0.480. The van der Waals surface area contributed by atoms with Gasteiger partial charge in [-0.15, -0.1) is 0 Å². The Morgan fingerprint density at radius 3 is 2.24 bits per heavy atom. The molecule has 10 heteroatoms. The molecule has 0 heterocycles. The first-order chi connectivity index (χ1) is 7.23. The number of alkyl halides is 3. The van der Waals surface area contributed by atoms with Crippen LogP contribution in [0.3, 0.4) is 0 Å². The number of hydrogen-bond acceptors (Lipinski definition) is 3. The van der Waals surface area contributed by atoms with Gasteiger partial charge >= 0.3 is 6.18 Å². The summed E-state index contributed by atoms with van der Waals surface area (Å²) in [6.45, 7) is 0. The predicted octanol–water partition coefficient (Wildman–Crippen LogP) is 1.81. The smallest absolute Gasteiger partial charge is 0.302 e. The molecule has 1 aromatic rings. The summed E-state index contributed by atoms with van der Waals surface area (Å²) < 4.78 is 55.9. The van der Waals surface area contributed by atoms with Crippen molar-refractivity contribution >= 4 is 46.3 Å². The number of hydrogen-bond donors (Lipinski definition) is 1. The predicted molar refractivity (Wildman–Crippen MR) is 52.9 cm³/mol. The zero-order valence-corrected chi connectivity index (χ0v) is 11.2. The Bertz CT molecular complexity index is 465. The number of nitro groups is 1. The van der Waals surface area contributed by atoms with E-state index in [1.165, 1.54) is 0 Å². The van der Waals surface area contributed by atoms with Gasteiger partial charge in [-0.25, -0.2) is 4.21 Å². The molecule has 89 valence electrons. The van der Waals surface area contributed by atoms with Gasteiger partial charge in [-0.2, -0.15) is 13.2 Å². The summed E-state index contributed by atoms with van der Waals surface area (Å²) in [7, 11) is 0. The van der Waals surface area contributed by atoms with Crippen LogP contribution < -0.4 is 0 Å². The van der Waals surface area contributed by atoms with Gasteiger partial charge in [0.2, 0.25) is 0 Å². The fourth-order valence-corrected chi connectivity index (χ4v) is 1.48. The third kappa shape index (κ3) is 4.03. The maximum Gasteiger partial charge on any atom is 0.416 e. The van der Waals surface area contributed by atoms with Crippen molar-refractivity contribution in [3.8, 4) is 0 Å². The zero-order chi connectivity index (χ0) is 12.5. The van der Waals surface area contributed by atoms with E-state index in [2.05, 4.69) is 0 Å². The number of halogens is 3. The zero-order valence-electron chi connectivity index (χ0n) is 8.39. The minimum atomic E-state index is -4.74. The van der Waals surface area contributed by atoms with Crippen molar-refractivity contribution in [2.45, 2.75) is 11.1 Å². The van der Waals surface area contributed by atoms with E-state index < -0.39 is 38.3 Å². The first kappa shape index (κ1) is 16.5. The summed E-state index contributed by atoms with van der Waals surface area (Å²) in [6, 6.07) is 1.34. The summed E-state index contributed by atoms with van der Waals surface area (Å²) in [6.07, 6.45) is -4.74. The Kier molecular flexibility index (Phi) is 5.75. The fraction of sp³-hybridized carbons (Fsp3) is 0.143. The van der Waals surface area contributed by atoms with Crippen LogP contribution in [-0.4, -0.2) is 43.2 Å². The minimum Gasteiger partial charge on any atom is -0.302 e. The van der Waals surface area contributed by atoms with Crippen LogP contribution in [0.1, 0.15) is 5.56 Å². The molecule has 0 saturated carbocycles. The molecular formula is C7H4F3NNaO4S. The molecule has 1 unspecified atom stereocenters. The Labute approximate surface area is 118 Å². The van der Waals surface area contributed by atoms with Crippen LogP contribution in [0.15, 0.2) is 23.1 Å². The summed E-state index contributed by atoms with van der Waals surface area (Å²) in [5.41, 5.74) is -2.27. The Balaban J connectivity index is 0.00000256. The van der Waals surface area contributed by atoms with E-state index in [0.29, 0.717) is 12.1 Å². The second-order valence-corrected chi connectivity index (χ2v) is 3.62. The molecule has 0 amide bonds. The van der Waals surface area contributed by atoms with E-state index in [-0.39, 0.29) is 35.6 Å².